The van der Waals surface area contributed by atoms with Crippen LogP contribution in [0.1, 0.15) is 12.7 Å². The van der Waals surface area contributed by atoms with Crippen LogP contribution < -0.4 is 16.3 Å². The second kappa shape index (κ2) is 6.17. The molecule has 0 radical (unpaired) electrons. The molecule has 7 nitrogen and oxygen atoms in total. The second-order valence-electron chi connectivity index (χ2n) is 4.83. The van der Waals surface area contributed by atoms with Gasteiger partial charge in [-0.15, -0.1) is 0 Å². The highest BCUT2D eigenvalue weighted by atomic mass is 32.1. The topological polar surface area (TPSA) is 97.1 Å². The van der Waals surface area contributed by atoms with E-state index in [0.717, 1.165) is 11.1 Å². The Labute approximate surface area is 135 Å². The van der Waals surface area contributed by atoms with Crippen LogP contribution in [0.4, 0.5) is 9.93 Å². The van der Waals surface area contributed by atoms with Gasteiger partial charge in [0.05, 0.1) is 0 Å². The predicted octanol–water partition coefficient (Wildman–Crippen LogP) is 2.76. The summed E-state index contributed by atoms with van der Waals surface area (Å²) in [4.78, 5) is 32.4. The highest BCUT2D eigenvalue weighted by Gasteiger charge is 2.10. The summed E-state index contributed by atoms with van der Waals surface area (Å²) in [5.74, 6) is 0.532. The molecule has 0 saturated carbocycles. The van der Waals surface area contributed by atoms with Gasteiger partial charge in [-0.2, -0.15) is 0 Å². The standard InChI is InChI=1S/C15H14N4O3S/c1-3-16-14(21)19-15-18-11-5-10(7-17-13(11)23-15)9-4-8(2)22-12(20)6-9/h4-7H,3H2,1-2H3,(H2,16,18,19,21). The van der Waals surface area contributed by atoms with E-state index in [1.54, 1.807) is 19.2 Å². The molecular weight excluding hydrogens is 316 g/mol. The average Bonchev–Trinajstić information content (AvgIpc) is 2.87. The summed E-state index contributed by atoms with van der Waals surface area (Å²) in [7, 11) is 0. The summed E-state index contributed by atoms with van der Waals surface area (Å²) in [6.45, 7) is 4.09. The van der Waals surface area contributed by atoms with Crippen LogP contribution in [-0.4, -0.2) is 22.5 Å². The van der Waals surface area contributed by atoms with Gasteiger partial charge in [-0.25, -0.2) is 19.6 Å². The van der Waals surface area contributed by atoms with E-state index in [1.807, 2.05) is 13.0 Å². The van der Waals surface area contributed by atoms with E-state index in [9.17, 15) is 9.59 Å². The highest BCUT2D eigenvalue weighted by molar-refractivity contribution is 7.21. The van der Waals surface area contributed by atoms with Gasteiger partial charge < -0.3 is 9.73 Å². The molecule has 0 aliphatic carbocycles. The van der Waals surface area contributed by atoms with Crippen LogP contribution in [0, 0.1) is 6.92 Å². The second-order valence-corrected chi connectivity index (χ2v) is 5.81. The molecule has 0 spiro atoms. The molecule has 2 amide bonds. The Morgan fingerprint density at radius 3 is 2.87 bits per heavy atom. The van der Waals surface area contributed by atoms with E-state index in [0.29, 0.717) is 27.8 Å². The van der Waals surface area contributed by atoms with E-state index in [1.165, 1.54) is 17.4 Å². The number of hydrogen-bond acceptors (Lipinski definition) is 6. The average molecular weight is 330 g/mol. The smallest absolute Gasteiger partial charge is 0.336 e. The summed E-state index contributed by atoms with van der Waals surface area (Å²) in [5.41, 5.74) is 1.74. The summed E-state index contributed by atoms with van der Waals surface area (Å²) in [5, 5.41) is 5.77. The zero-order valence-electron chi connectivity index (χ0n) is 12.5. The minimum atomic E-state index is -0.406. The number of pyridine rings is 1. The minimum absolute atomic E-state index is 0.303. The fourth-order valence-electron chi connectivity index (χ4n) is 2.11. The zero-order chi connectivity index (χ0) is 16.4. The molecule has 23 heavy (non-hydrogen) atoms. The van der Waals surface area contributed by atoms with Crippen molar-refractivity contribution in [3.8, 4) is 11.1 Å². The third kappa shape index (κ3) is 3.37. The third-order valence-electron chi connectivity index (χ3n) is 3.03. The lowest BCUT2D eigenvalue weighted by Gasteiger charge is -2.01. The number of aryl methyl sites for hydroxylation is 1. The van der Waals surface area contributed by atoms with Gasteiger partial charge in [0.1, 0.15) is 16.1 Å². The zero-order valence-corrected chi connectivity index (χ0v) is 13.4. The number of aromatic nitrogens is 2. The molecule has 3 heterocycles. The Kier molecular flexibility index (Phi) is 4.07. The van der Waals surface area contributed by atoms with Crippen molar-refractivity contribution in [2.75, 3.05) is 11.9 Å². The van der Waals surface area contributed by atoms with E-state index in [-0.39, 0.29) is 6.03 Å². The molecule has 3 aromatic heterocycles. The minimum Gasteiger partial charge on any atom is -0.428 e. The summed E-state index contributed by atoms with van der Waals surface area (Å²) in [6, 6.07) is 4.71. The van der Waals surface area contributed by atoms with Gasteiger partial charge in [0.2, 0.25) is 0 Å². The van der Waals surface area contributed by atoms with E-state index >= 15 is 0 Å². The normalized spacial score (nSPS) is 10.7. The Bertz CT molecular complexity index is 932. The molecule has 0 atom stereocenters. The van der Waals surface area contributed by atoms with Gasteiger partial charge in [-0.1, -0.05) is 11.3 Å². The fraction of sp³-hybridized carbons (Fsp3) is 0.200. The molecule has 0 aliphatic rings. The largest absolute Gasteiger partial charge is 0.428 e. The maximum atomic E-state index is 11.5. The van der Waals surface area contributed by atoms with E-state index in [2.05, 4.69) is 20.6 Å². The van der Waals surface area contributed by atoms with Crippen LogP contribution in [0.25, 0.3) is 21.5 Å². The maximum absolute atomic E-state index is 11.5. The van der Waals surface area contributed by atoms with Crippen LogP contribution in [-0.2, 0) is 0 Å². The van der Waals surface area contributed by atoms with Crippen molar-refractivity contribution in [3.05, 3.63) is 40.6 Å². The first kappa shape index (κ1) is 15.2. The monoisotopic (exact) mass is 330 g/mol. The summed E-state index contributed by atoms with van der Waals surface area (Å²) in [6.07, 6.45) is 1.67. The van der Waals surface area contributed by atoms with Crippen molar-refractivity contribution in [2.45, 2.75) is 13.8 Å². The molecule has 0 aliphatic heterocycles. The van der Waals surface area contributed by atoms with Crippen LogP contribution >= 0.6 is 11.3 Å². The first-order valence-corrected chi connectivity index (χ1v) is 7.80. The Morgan fingerprint density at radius 2 is 2.13 bits per heavy atom. The number of anilines is 1. The van der Waals surface area contributed by atoms with Gasteiger partial charge in [-0.3, -0.25) is 5.32 Å². The van der Waals surface area contributed by atoms with Crippen molar-refractivity contribution >= 4 is 32.8 Å². The first-order valence-electron chi connectivity index (χ1n) is 6.99. The number of thiazole rings is 1. The molecule has 118 valence electrons. The quantitative estimate of drug-likeness (QED) is 0.769. The van der Waals surface area contributed by atoms with Crippen molar-refractivity contribution in [2.24, 2.45) is 0 Å². The Morgan fingerprint density at radius 1 is 1.30 bits per heavy atom. The highest BCUT2D eigenvalue weighted by Crippen LogP contribution is 2.28. The van der Waals surface area contributed by atoms with E-state index in [4.69, 9.17) is 4.42 Å². The lowest BCUT2D eigenvalue weighted by atomic mass is 10.1. The summed E-state index contributed by atoms with van der Waals surface area (Å²) < 4.78 is 4.95. The first-order chi connectivity index (χ1) is 11.0. The Balaban J connectivity index is 1.95. The number of carbonyl (C=O) groups is 1. The number of urea groups is 1. The molecule has 0 fully saturated rings. The van der Waals surface area contributed by atoms with Gasteiger partial charge in [-0.05, 0) is 31.5 Å². The predicted molar refractivity (Wildman–Crippen MR) is 88.8 cm³/mol. The third-order valence-corrected chi connectivity index (χ3v) is 3.93. The Hall–Kier alpha value is -2.74. The van der Waals surface area contributed by atoms with Crippen LogP contribution in [0.2, 0.25) is 0 Å². The number of nitrogens with zero attached hydrogens (tertiary/aromatic N) is 2. The number of rotatable bonds is 3. The molecule has 0 unspecified atom stereocenters. The molecular formula is C15H14N4O3S. The molecule has 2 N–H and O–H groups in total. The molecule has 0 aromatic carbocycles. The number of nitrogens with one attached hydrogen (secondary N) is 2. The molecule has 8 heteroatoms. The number of hydrogen-bond donors (Lipinski definition) is 2. The molecule has 3 aromatic rings. The summed E-state index contributed by atoms with van der Waals surface area (Å²) >= 11 is 1.29. The SMILES string of the molecule is CCNC(=O)Nc1nc2cc(-c3cc(C)oc(=O)c3)cnc2s1. The van der Waals surface area contributed by atoms with E-state index < -0.39 is 5.63 Å². The van der Waals surface area contributed by atoms with Crippen LogP contribution in [0.15, 0.2) is 33.6 Å². The van der Waals surface area contributed by atoms with Crippen LogP contribution in [0.3, 0.4) is 0 Å². The van der Waals surface area contributed by atoms with Gasteiger partial charge in [0.15, 0.2) is 5.13 Å². The maximum Gasteiger partial charge on any atom is 0.336 e. The fourth-order valence-corrected chi connectivity index (χ4v) is 2.89. The lowest BCUT2D eigenvalue weighted by Crippen LogP contribution is -2.28. The van der Waals surface area contributed by atoms with Crippen molar-refractivity contribution in [1.82, 2.24) is 15.3 Å². The lowest BCUT2D eigenvalue weighted by molar-refractivity contribution is 0.252. The van der Waals surface area contributed by atoms with Crippen LogP contribution in [0.5, 0.6) is 0 Å². The van der Waals surface area contributed by atoms with Crippen molar-refractivity contribution < 1.29 is 9.21 Å². The van der Waals surface area contributed by atoms with Crippen molar-refractivity contribution in [3.63, 3.8) is 0 Å². The number of carbonyl (C=O) groups excluding carboxylic acids is 1. The molecule has 0 bridgehead atoms. The van der Waals surface area contributed by atoms with Gasteiger partial charge >= 0.3 is 11.7 Å². The van der Waals surface area contributed by atoms with Crippen molar-refractivity contribution in [1.29, 1.82) is 0 Å². The molecule has 3 rings (SSSR count). The van der Waals surface area contributed by atoms with Gasteiger partial charge in [0.25, 0.3) is 0 Å². The van der Waals surface area contributed by atoms with Gasteiger partial charge in [0, 0.05) is 24.4 Å². The molecule has 0 saturated heterocycles. The number of fused-ring (bicyclic) bond motifs is 1. The number of amides is 2.